The van der Waals surface area contributed by atoms with E-state index in [1.807, 2.05) is 6.07 Å². The number of ether oxygens (including phenoxy) is 1. The molecule has 25 heavy (non-hydrogen) atoms. The number of aromatic nitrogens is 3. The number of carbonyl (C=O) groups is 1. The smallest absolute Gasteiger partial charge is 0.274 e. The molecule has 122 valence electrons. The lowest BCUT2D eigenvalue weighted by molar-refractivity contribution is 0.102. The highest BCUT2D eigenvalue weighted by Crippen LogP contribution is 2.25. The van der Waals surface area contributed by atoms with Gasteiger partial charge in [-0.1, -0.05) is 15.9 Å². The van der Waals surface area contributed by atoms with Gasteiger partial charge in [-0.05, 0) is 24.3 Å². The monoisotopic (exact) mass is 395 g/mol. The van der Waals surface area contributed by atoms with Crippen LogP contribution in [-0.4, -0.2) is 20.9 Å². The van der Waals surface area contributed by atoms with Crippen LogP contribution in [0.2, 0.25) is 0 Å². The number of nitrogens with one attached hydrogen (secondary N) is 1. The van der Waals surface area contributed by atoms with Crippen molar-refractivity contribution >= 4 is 27.5 Å². The molecule has 0 aliphatic carbocycles. The van der Waals surface area contributed by atoms with E-state index in [9.17, 15) is 10.1 Å². The van der Waals surface area contributed by atoms with Crippen molar-refractivity contribution in [2.75, 3.05) is 5.32 Å². The van der Waals surface area contributed by atoms with Crippen LogP contribution in [0.5, 0.6) is 11.5 Å². The maximum atomic E-state index is 12.3. The van der Waals surface area contributed by atoms with Gasteiger partial charge in [0.2, 0.25) is 0 Å². The molecular formula is C17H10BrN5O2. The van der Waals surface area contributed by atoms with Crippen LogP contribution in [0.15, 0.2) is 59.7 Å². The van der Waals surface area contributed by atoms with Crippen LogP contribution in [0, 0.1) is 11.3 Å². The summed E-state index contributed by atoms with van der Waals surface area (Å²) >= 11 is 3.29. The molecule has 0 saturated heterocycles. The van der Waals surface area contributed by atoms with Crippen LogP contribution in [0.4, 0.5) is 5.69 Å². The Morgan fingerprint density at radius 2 is 1.96 bits per heavy atom. The summed E-state index contributed by atoms with van der Waals surface area (Å²) in [5, 5.41) is 11.9. The maximum absolute atomic E-state index is 12.3. The number of rotatable bonds is 4. The average Bonchev–Trinajstić information content (AvgIpc) is 2.62. The molecule has 0 radical (unpaired) electrons. The van der Waals surface area contributed by atoms with Crippen LogP contribution in [0.3, 0.4) is 0 Å². The van der Waals surface area contributed by atoms with Crippen LogP contribution in [0.1, 0.15) is 16.1 Å². The summed E-state index contributed by atoms with van der Waals surface area (Å²) < 4.78 is 6.36. The molecule has 0 atom stereocenters. The Balaban J connectivity index is 1.85. The summed E-state index contributed by atoms with van der Waals surface area (Å²) in [7, 11) is 0. The van der Waals surface area contributed by atoms with E-state index in [4.69, 9.17) is 4.74 Å². The Morgan fingerprint density at radius 1 is 1.16 bits per heavy atom. The Labute approximate surface area is 151 Å². The van der Waals surface area contributed by atoms with E-state index in [0.717, 1.165) is 4.47 Å². The number of nitriles is 1. The lowest BCUT2D eigenvalue weighted by Crippen LogP contribution is -2.13. The second-order valence-electron chi connectivity index (χ2n) is 4.85. The molecule has 0 fully saturated rings. The number of halogens is 1. The van der Waals surface area contributed by atoms with Crippen LogP contribution < -0.4 is 10.1 Å². The summed E-state index contributed by atoms with van der Waals surface area (Å²) in [6.45, 7) is 0. The Kier molecular flexibility index (Phi) is 4.97. The molecule has 2 heterocycles. The van der Waals surface area contributed by atoms with E-state index < -0.39 is 5.91 Å². The second-order valence-corrected chi connectivity index (χ2v) is 5.76. The number of nitrogens with zero attached hydrogens (tertiary/aromatic N) is 4. The van der Waals surface area contributed by atoms with E-state index in [-0.39, 0.29) is 5.69 Å². The Hall–Kier alpha value is -3.31. The van der Waals surface area contributed by atoms with Crippen molar-refractivity contribution < 1.29 is 9.53 Å². The summed E-state index contributed by atoms with van der Waals surface area (Å²) in [6.07, 6.45) is 5.90. The van der Waals surface area contributed by atoms with Gasteiger partial charge in [-0.2, -0.15) is 5.26 Å². The molecule has 1 aromatic carbocycles. The van der Waals surface area contributed by atoms with Gasteiger partial charge in [0.1, 0.15) is 17.8 Å². The Morgan fingerprint density at radius 3 is 2.68 bits per heavy atom. The third-order valence-electron chi connectivity index (χ3n) is 3.02. The molecule has 0 saturated carbocycles. The molecule has 2 aromatic heterocycles. The Bertz CT molecular complexity index is 957. The standard InChI is InChI=1S/C17H10BrN5O2/c18-12-1-2-22-16(5-12)17(24)23-13-3-11(7-19)4-14(6-13)25-15-8-20-10-21-9-15/h1-6,8-10H,(H,23,24). The van der Waals surface area contributed by atoms with Crippen molar-refractivity contribution in [1.29, 1.82) is 5.26 Å². The largest absolute Gasteiger partial charge is 0.454 e. The molecule has 0 aliphatic rings. The first-order valence-corrected chi connectivity index (χ1v) is 7.84. The lowest BCUT2D eigenvalue weighted by atomic mass is 10.2. The van der Waals surface area contributed by atoms with E-state index in [2.05, 4.69) is 36.2 Å². The lowest BCUT2D eigenvalue weighted by Gasteiger charge is -2.09. The predicted octanol–water partition coefficient (Wildman–Crippen LogP) is 3.55. The predicted molar refractivity (Wildman–Crippen MR) is 93.2 cm³/mol. The third-order valence-corrected chi connectivity index (χ3v) is 3.51. The topological polar surface area (TPSA) is 101 Å². The van der Waals surface area contributed by atoms with Gasteiger partial charge in [-0.3, -0.25) is 9.78 Å². The number of hydrogen-bond acceptors (Lipinski definition) is 6. The third kappa shape index (κ3) is 4.37. The molecule has 0 aliphatic heterocycles. The summed E-state index contributed by atoms with van der Waals surface area (Å²) in [5.74, 6) is 0.403. The van der Waals surface area contributed by atoms with Gasteiger partial charge < -0.3 is 10.1 Å². The highest BCUT2D eigenvalue weighted by molar-refractivity contribution is 9.10. The molecular weight excluding hydrogens is 386 g/mol. The number of anilines is 1. The van der Waals surface area contributed by atoms with Crippen molar-refractivity contribution in [2.45, 2.75) is 0 Å². The van der Waals surface area contributed by atoms with E-state index in [0.29, 0.717) is 22.7 Å². The fourth-order valence-electron chi connectivity index (χ4n) is 1.99. The highest BCUT2D eigenvalue weighted by atomic mass is 79.9. The molecule has 3 rings (SSSR count). The number of benzene rings is 1. The van der Waals surface area contributed by atoms with Gasteiger partial charge >= 0.3 is 0 Å². The minimum atomic E-state index is -0.398. The number of pyridine rings is 1. The number of carbonyl (C=O) groups excluding carboxylic acids is 1. The van der Waals surface area contributed by atoms with Gasteiger partial charge in [0, 0.05) is 22.4 Å². The molecule has 0 bridgehead atoms. The van der Waals surface area contributed by atoms with E-state index in [1.165, 1.54) is 24.9 Å². The van der Waals surface area contributed by atoms with Gasteiger partial charge in [0.15, 0.2) is 5.75 Å². The maximum Gasteiger partial charge on any atom is 0.274 e. The SMILES string of the molecule is N#Cc1cc(NC(=O)c2cc(Br)ccn2)cc(Oc2cncnc2)c1. The van der Waals surface area contributed by atoms with Gasteiger partial charge in [0.05, 0.1) is 24.0 Å². The van der Waals surface area contributed by atoms with Crippen molar-refractivity contribution in [1.82, 2.24) is 15.0 Å². The summed E-state index contributed by atoms with van der Waals surface area (Å²) in [4.78, 5) is 24.0. The summed E-state index contributed by atoms with van der Waals surface area (Å²) in [6, 6.07) is 10.1. The van der Waals surface area contributed by atoms with Crippen molar-refractivity contribution in [3.63, 3.8) is 0 Å². The molecule has 0 unspecified atom stereocenters. The highest BCUT2D eigenvalue weighted by Gasteiger charge is 2.10. The molecule has 7 nitrogen and oxygen atoms in total. The second kappa shape index (κ2) is 7.51. The molecule has 1 amide bonds. The van der Waals surface area contributed by atoms with Gasteiger partial charge in [0.25, 0.3) is 5.91 Å². The zero-order valence-corrected chi connectivity index (χ0v) is 14.3. The average molecular weight is 396 g/mol. The molecule has 3 aromatic rings. The first-order valence-electron chi connectivity index (χ1n) is 7.05. The first kappa shape index (κ1) is 16.5. The normalized spacial score (nSPS) is 9.92. The van der Waals surface area contributed by atoms with Crippen molar-refractivity contribution in [3.05, 3.63) is 71.0 Å². The number of hydrogen-bond donors (Lipinski definition) is 1. The van der Waals surface area contributed by atoms with Crippen LogP contribution in [-0.2, 0) is 0 Å². The van der Waals surface area contributed by atoms with Crippen LogP contribution in [0.25, 0.3) is 0 Å². The van der Waals surface area contributed by atoms with Crippen LogP contribution >= 0.6 is 15.9 Å². The molecule has 0 spiro atoms. The molecule has 8 heteroatoms. The van der Waals surface area contributed by atoms with Crippen molar-refractivity contribution in [2.24, 2.45) is 0 Å². The zero-order chi connectivity index (χ0) is 17.6. The van der Waals surface area contributed by atoms with Gasteiger partial charge in [-0.25, -0.2) is 9.97 Å². The zero-order valence-electron chi connectivity index (χ0n) is 12.7. The van der Waals surface area contributed by atoms with Gasteiger partial charge in [-0.15, -0.1) is 0 Å². The minimum Gasteiger partial charge on any atom is -0.454 e. The minimum absolute atomic E-state index is 0.246. The fraction of sp³-hybridized carbons (Fsp3) is 0. The first-order chi connectivity index (χ1) is 12.1. The van der Waals surface area contributed by atoms with E-state index >= 15 is 0 Å². The number of amides is 1. The fourth-order valence-corrected chi connectivity index (χ4v) is 2.33. The van der Waals surface area contributed by atoms with E-state index in [1.54, 1.807) is 30.3 Å². The quantitative estimate of drug-likeness (QED) is 0.724. The van der Waals surface area contributed by atoms with Crippen molar-refractivity contribution in [3.8, 4) is 17.6 Å². The molecule has 1 N–H and O–H groups in total. The summed E-state index contributed by atoms with van der Waals surface area (Å²) in [5.41, 5.74) is 1.00.